The Morgan fingerprint density at radius 3 is 2.25 bits per heavy atom. The predicted molar refractivity (Wildman–Crippen MR) is 35.0 cm³/mol. The SMILES string of the molecule is C=C(C#CC(=O)OC)C(F)(F)F. The van der Waals surface area contributed by atoms with Crippen molar-refractivity contribution in [2.75, 3.05) is 7.11 Å². The van der Waals surface area contributed by atoms with E-state index in [4.69, 9.17) is 0 Å². The second kappa shape index (κ2) is 3.81. The fourth-order valence-electron chi connectivity index (χ4n) is 0.248. The standard InChI is InChI=1S/C7H5F3O2/c1-5(7(8,9)10)3-4-6(11)12-2/h1H2,2H3. The number of esters is 1. The third-order valence-corrected chi connectivity index (χ3v) is 0.843. The predicted octanol–water partition coefficient (Wildman–Crippen LogP) is 1.28. The van der Waals surface area contributed by atoms with Crippen LogP contribution in [0.3, 0.4) is 0 Å². The van der Waals surface area contributed by atoms with Gasteiger partial charge in [0.1, 0.15) is 0 Å². The van der Waals surface area contributed by atoms with Crippen LogP contribution < -0.4 is 0 Å². The fraction of sp³-hybridized carbons (Fsp3) is 0.286. The number of carbonyl (C=O) groups excluding carboxylic acids is 1. The van der Waals surface area contributed by atoms with E-state index < -0.39 is 17.7 Å². The minimum atomic E-state index is -4.58. The molecule has 0 amide bonds. The van der Waals surface area contributed by atoms with E-state index in [1.54, 1.807) is 5.92 Å². The Hall–Kier alpha value is -1.44. The highest BCUT2D eigenvalue weighted by Crippen LogP contribution is 2.22. The Labute approximate surface area is 67.0 Å². The van der Waals surface area contributed by atoms with Gasteiger partial charge < -0.3 is 4.74 Å². The molecule has 0 saturated carbocycles. The lowest BCUT2D eigenvalue weighted by Gasteiger charge is -2.01. The molecule has 0 aliphatic heterocycles. The van der Waals surface area contributed by atoms with Gasteiger partial charge in [-0.25, -0.2) is 4.79 Å². The Balaban J connectivity index is 4.34. The molecule has 0 aromatic heterocycles. The summed E-state index contributed by atoms with van der Waals surface area (Å²) in [6.07, 6.45) is -4.58. The summed E-state index contributed by atoms with van der Waals surface area (Å²) in [5, 5.41) is 0. The van der Waals surface area contributed by atoms with Crippen molar-refractivity contribution in [3.05, 3.63) is 12.2 Å². The van der Waals surface area contributed by atoms with Crippen molar-refractivity contribution < 1.29 is 22.7 Å². The number of alkyl halides is 3. The number of rotatable bonds is 0. The van der Waals surface area contributed by atoms with Gasteiger partial charge in [0, 0.05) is 5.92 Å². The molecule has 0 aliphatic rings. The van der Waals surface area contributed by atoms with Gasteiger partial charge in [0.2, 0.25) is 0 Å². The average Bonchev–Trinajstić information content (AvgIpc) is 1.97. The van der Waals surface area contributed by atoms with Crippen molar-refractivity contribution in [2.24, 2.45) is 0 Å². The normalized spacial score (nSPS) is 9.67. The van der Waals surface area contributed by atoms with Crippen LogP contribution in [-0.4, -0.2) is 19.3 Å². The molecule has 0 aromatic carbocycles. The molecular formula is C7H5F3O2. The van der Waals surface area contributed by atoms with Crippen molar-refractivity contribution in [1.82, 2.24) is 0 Å². The fourth-order valence-corrected chi connectivity index (χ4v) is 0.248. The maximum atomic E-state index is 11.6. The van der Waals surface area contributed by atoms with Gasteiger partial charge in [0.25, 0.3) is 0 Å². The molecule has 2 nitrogen and oxygen atoms in total. The van der Waals surface area contributed by atoms with Crippen LogP contribution in [0.5, 0.6) is 0 Å². The zero-order valence-corrected chi connectivity index (χ0v) is 6.16. The summed E-state index contributed by atoms with van der Waals surface area (Å²) in [7, 11) is 1.02. The molecule has 0 saturated heterocycles. The second-order valence-electron chi connectivity index (χ2n) is 1.72. The van der Waals surface area contributed by atoms with Crippen LogP contribution in [0.2, 0.25) is 0 Å². The highest BCUT2D eigenvalue weighted by molar-refractivity contribution is 5.88. The maximum Gasteiger partial charge on any atom is 0.423 e. The molecule has 5 heteroatoms. The molecule has 0 bridgehead atoms. The van der Waals surface area contributed by atoms with Crippen LogP contribution in [0.1, 0.15) is 0 Å². The minimum absolute atomic E-state index is 1.02. The van der Waals surface area contributed by atoms with Crippen LogP contribution >= 0.6 is 0 Å². The van der Waals surface area contributed by atoms with Gasteiger partial charge in [-0.2, -0.15) is 13.2 Å². The molecule has 0 heterocycles. The first-order chi connectivity index (χ1) is 5.38. The zero-order valence-electron chi connectivity index (χ0n) is 6.16. The van der Waals surface area contributed by atoms with Crippen molar-refractivity contribution in [2.45, 2.75) is 6.18 Å². The maximum absolute atomic E-state index is 11.6. The number of carbonyl (C=O) groups is 1. The largest absolute Gasteiger partial charge is 0.459 e. The van der Waals surface area contributed by atoms with Gasteiger partial charge in [0.05, 0.1) is 12.7 Å². The molecule has 12 heavy (non-hydrogen) atoms. The van der Waals surface area contributed by atoms with E-state index in [2.05, 4.69) is 11.3 Å². The zero-order chi connectivity index (χ0) is 9.78. The molecule has 0 N–H and O–H groups in total. The molecule has 0 unspecified atom stereocenters. The number of hydrogen-bond acceptors (Lipinski definition) is 2. The number of methoxy groups -OCH3 is 1. The summed E-state index contributed by atoms with van der Waals surface area (Å²) in [4.78, 5) is 10.2. The third kappa shape index (κ3) is 3.66. The quantitative estimate of drug-likeness (QED) is 0.317. The Bertz CT molecular complexity index is 254. The number of hydrogen-bond donors (Lipinski definition) is 0. The van der Waals surface area contributed by atoms with Gasteiger partial charge in [-0.3, -0.25) is 0 Å². The van der Waals surface area contributed by atoms with Crippen LogP contribution in [0.25, 0.3) is 0 Å². The highest BCUT2D eigenvalue weighted by Gasteiger charge is 2.30. The minimum Gasteiger partial charge on any atom is -0.459 e. The lowest BCUT2D eigenvalue weighted by Crippen LogP contribution is -2.09. The second-order valence-corrected chi connectivity index (χ2v) is 1.72. The molecule has 0 rings (SSSR count). The molecule has 66 valence electrons. The van der Waals surface area contributed by atoms with E-state index in [1.807, 2.05) is 0 Å². The first-order valence-electron chi connectivity index (χ1n) is 2.74. The van der Waals surface area contributed by atoms with E-state index in [-0.39, 0.29) is 0 Å². The van der Waals surface area contributed by atoms with E-state index >= 15 is 0 Å². The van der Waals surface area contributed by atoms with Gasteiger partial charge >= 0.3 is 12.1 Å². The van der Waals surface area contributed by atoms with Crippen LogP contribution in [0, 0.1) is 11.8 Å². The summed E-state index contributed by atoms with van der Waals surface area (Å²) in [6.45, 7) is 2.63. The highest BCUT2D eigenvalue weighted by atomic mass is 19.4. The summed E-state index contributed by atoms with van der Waals surface area (Å²) in [5.41, 5.74) is -1.27. The average molecular weight is 178 g/mol. The molecule has 0 aromatic rings. The summed E-state index contributed by atoms with van der Waals surface area (Å²) in [5.74, 6) is 2.11. The summed E-state index contributed by atoms with van der Waals surface area (Å²) in [6, 6.07) is 0. The van der Waals surface area contributed by atoms with Crippen molar-refractivity contribution in [3.8, 4) is 11.8 Å². The molecule has 0 aliphatic carbocycles. The van der Waals surface area contributed by atoms with Crippen molar-refractivity contribution >= 4 is 5.97 Å². The van der Waals surface area contributed by atoms with Gasteiger partial charge in [-0.05, 0) is 0 Å². The summed E-state index contributed by atoms with van der Waals surface area (Å²) < 4.78 is 38.9. The van der Waals surface area contributed by atoms with E-state index in [1.165, 1.54) is 5.92 Å². The third-order valence-electron chi connectivity index (χ3n) is 0.843. The van der Waals surface area contributed by atoms with Gasteiger partial charge in [-0.1, -0.05) is 12.5 Å². The Kier molecular flexibility index (Phi) is 3.35. The molecule has 0 atom stereocenters. The molecule has 0 spiro atoms. The first kappa shape index (κ1) is 10.6. The smallest absolute Gasteiger partial charge is 0.423 e. The molecule has 0 radical (unpaired) electrons. The van der Waals surface area contributed by atoms with E-state index in [0.29, 0.717) is 0 Å². The molecular weight excluding hydrogens is 173 g/mol. The van der Waals surface area contributed by atoms with Crippen molar-refractivity contribution in [1.29, 1.82) is 0 Å². The van der Waals surface area contributed by atoms with E-state index in [0.717, 1.165) is 7.11 Å². The number of allylic oxidation sites excluding steroid dienone is 1. The topological polar surface area (TPSA) is 26.3 Å². The van der Waals surface area contributed by atoms with Gasteiger partial charge in [0.15, 0.2) is 0 Å². The van der Waals surface area contributed by atoms with Crippen LogP contribution in [0.15, 0.2) is 12.2 Å². The lowest BCUT2D eigenvalue weighted by atomic mass is 10.3. The van der Waals surface area contributed by atoms with Crippen LogP contribution in [0.4, 0.5) is 13.2 Å². The molecule has 0 fully saturated rings. The Morgan fingerprint density at radius 1 is 1.42 bits per heavy atom. The Morgan fingerprint density at radius 2 is 1.92 bits per heavy atom. The summed E-state index contributed by atoms with van der Waals surface area (Å²) >= 11 is 0. The van der Waals surface area contributed by atoms with E-state index in [9.17, 15) is 18.0 Å². The first-order valence-corrected chi connectivity index (χ1v) is 2.74. The number of halogens is 3. The lowest BCUT2D eigenvalue weighted by molar-refractivity contribution is -0.133. The van der Waals surface area contributed by atoms with Crippen LogP contribution in [-0.2, 0) is 9.53 Å². The number of ether oxygens (including phenoxy) is 1. The van der Waals surface area contributed by atoms with Gasteiger partial charge in [-0.15, -0.1) is 0 Å². The van der Waals surface area contributed by atoms with Crippen molar-refractivity contribution in [3.63, 3.8) is 0 Å². The monoisotopic (exact) mass is 178 g/mol.